The van der Waals surface area contributed by atoms with Gasteiger partial charge in [0.05, 0.1) is 6.07 Å². The van der Waals surface area contributed by atoms with Crippen LogP contribution in [0.25, 0.3) is 11.3 Å². The van der Waals surface area contributed by atoms with Crippen molar-refractivity contribution >= 4 is 11.6 Å². The van der Waals surface area contributed by atoms with Crippen molar-refractivity contribution in [2.45, 2.75) is 12.1 Å². The van der Waals surface area contributed by atoms with E-state index in [1.165, 1.54) is 0 Å². The van der Waals surface area contributed by atoms with E-state index >= 15 is 0 Å². The quantitative estimate of drug-likeness (QED) is 0.782. The SMILES string of the molecule is N#CC1NNNC1c1ccc(-c2ccc(Cl)cc2)o1. The maximum Gasteiger partial charge on any atom is 0.134 e. The molecule has 1 saturated heterocycles. The van der Waals surface area contributed by atoms with Gasteiger partial charge < -0.3 is 4.42 Å². The fourth-order valence-corrected chi connectivity index (χ4v) is 2.12. The van der Waals surface area contributed by atoms with Gasteiger partial charge in [0.15, 0.2) is 0 Å². The number of halogens is 1. The number of hydrogen-bond donors (Lipinski definition) is 3. The van der Waals surface area contributed by atoms with Crippen molar-refractivity contribution in [3.8, 4) is 17.4 Å². The molecular formula is C13H11ClN4O. The topological polar surface area (TPSA) is 73.0 Å². The molecular weight excluding hydrogens is 264 g/mol. The summed E-state index contributed by atoms with van der Waals surface area (Å²) in [4.78, 5) is 0. The number of nitrogens with one attached hydrogen (secondary N) is 3. The molecule has 2 atom stereocenters. The highest BCUT2D eigenvalue weighted by atomic mass is 35.5. The van der Waals surface area contributed by atoms with Crippen LogP contribution in [0.1, 0.15) is 11.8 Å². The van der Waals surface area contributed by atoms with E-state index in [1.54, 1.807) is 0 Å². The highest BCUT2D eigenvalue weighted by Crippen LogP contribution is 2.28. The molecule has 3 N–H and O–H groups in total. The zero-order chi connectivity index (χ0) is 13.2. The summed E-state index contributed by atoms with van der Waals surface area (Å²) in [6.07, 6.45) is 0. The van der Waals surface area contributed by atoms with Crippen molar-refractivity contribution in [1.29, 1.82) is 5.26 Å². The van der Waals surface area contributed by atoms with Gasteiger partial charge in [0.1, 0.15) is 23.6 Å². The third kappa shape index (κ3) is 2.35. The molecule has 2 unspecified atom stereocenters. The Morgan fingerprint density at radius 1 is 1.11 bits per heavy atom. The molecule has 19 heavy (non-hydrogen) atoms. The first kappa shape index (κ1) is 12.2. The standard InChI is InChI=1S/C13H11ClN4O/c14-9-3-1-8(2-4-9)11-5-6-12(19-11)13-10(7-15)16-18-17-13/h1-6,10,13,16-18H. The summed E-state index contributed by atoms with van der Waals surface area (Å²) in [5, 5.41) is 9.69. The largest absolute Gasteiger partial charge is 0.459 e. The van der Waals surface area contributed by atoms with E-state index in [1.807, 2.05) is 36.4 Å². The fourth-order valence-electron chi connectivity index (χ4n) is 2.00. The molecule has 96 valence electrons. The molecule has 2 heterocycles. The molecule has 1 aromatic heterocycles. The Hall–Kier alpha value is -1.84. The zero-order valence-electron chi connectivity index (χ0n) is 9.85. The van der Waals surface area contributed by atoms with Crippen LogP contribution in [0.15, 0.2) is 40.8 Å². The summed E-state index contributed by atoms with van der Waals surface area (Å²) < 4.78 is 5.79. The molecule has 0 amide bonds. The van der Waals surface area contributed by atoms with Gasteiger partial charge in [-0.25, -0.2) is 10.9 Å². The number of nitrogens with zero attached hydrogens (tertiary/aromatic N) is 1. The molecule has 1 aliphatic rings. The van der Waals surface area contributed by atoms with Crippen molar-refractivity contribution in [1.82, 2.24) is 16.4 Å². The molecule has 1 fully saturated rings. The minimum absolute atomic E-state index is 0.217. The van der Waals surface area contributed by atoms with E-state index < -0.39 is 0 Å². The number of rotatable bonds is 2. The number of furan rings is 1. The first-order valence-electron chi connectivity index (χ1n) is 5.79. The second-order valence-corrected chi connectivity index (χ2v) is 4.64. The van der Waals surface area contributed by atoms with Crippen molar-refractivity contribution in [3.63, 3.8) is 0 Å². The van der Waals surface area contributed by atoms with Gasteiger partial charge in [-0.15, -0.1) is 0 Å². The highest BCUT2D eigenvalue weighted by molar-refractivity contribution is 6.30. The molecule has 5 nitrogen and oxygen atoms in total. The first-order valence-corrected chi connectivity index (χ1v) is 6.17. The Balaban J connectivity index is 1.87. The van der Waals surface area contributed by atoms with Crippen molar-refractivity contribution < 1.29 is 4.42 Å². The Bertz CT molecular complexity index is 616. The van der Waals surface area contributed by atoms with E-state index in [-0.39, 0.29) is 12.1 Å². The molecule has 3 rings (SSSR count). The zero-order valence-corrected chi connectivity index (χ0v) is 10.6. The Labute approximate surface area is 115 Å². The molecule has 1 aromatic carbocycles. The Kier molecular flexibility index (Phi) is 3.23. The van der Waals surface area contributed by atoms with Crippen LogP contribution in [0.3, 0.4) is 0 Å². The lowest BCUT2D eigenvalue weighted by molar-refractivity contribution is 0.437. The van der Waals surface area contributed by atoms with E-state index in [4.69, 9.17) is 21.3 Å². The average molecular weight is 275 g/mol. The normalized spacial score (nSPS) is 22.3. The van der Waals surface area contributed by atoms with Crippen LogP contribution in [0.4, 0.5) is 0 Å². The minimum Gasteiger partial charge on any atom is -0.459 e. The first-order chi connectivity index (χ1) is 9.28. The van der Waals surface area contributed by atoms with Crippen LogP contribution < -0.4 is 16.4 Å². The minimum atomic E-state index is -0.371. The monoisotopic (exact) mass is 274 g/mol. The fraction of sp³-hybridized carbons (Fsp3) is 0.154. The van der Waals surface area contributed by atoms with Gasteiger partial charge in [-0.1, -0.05) is 11.6 Å². The number of hydrazine groups is 2. The molecule has 0 radical (unpaired) electrons. The molecule has 1 aliphatic heterocycles. The van der Waals surface area contributed by atoms with E-state index in [9.17, 15) is 0 Å². The van der Waals surface area contributed by atoms with Crippen LogP contribution in [0.5, 0.6) is 0 Å². The summed E-state index contributed by atoms with van der Waals surface area (Å²) in [6.45, 7) is 0. The second kappa shape index (κ2) is 5.03. The van der Waals surface area contributed by atoms with E-state index in [0.717, 1.165) is 11.3 Å². The third-order valence-electron chi connectivity index (χ3n) is 2.99. The van der Waals surface area contributed by atoms with Gasteiger partial charge in [0.25, 0.3) is 0 Å². The van der Waals surface area contributed by atoms with Crippen LogP contribution in [0, 0.1) is 11.3 Å². The van der Waals surface area contributed by atoms with Gasteiger partial charge in [-0.3, -0.25) is 0 Å². The van der Waals surface area contributed by atoms with Gasteiger partial charge >= 0.3 is 0 Å². The maximum atomic E-state index is 9.00. The van der Waals surface area contributed by atoms with Crippen LogP contribution >= 0.6 is 11.6 Å². The summed E-state index contributed by atoms with van der Waals surface area (Å²) >= 11 is 5.85. The third-order valence-corrected chi connectivity index (χ3v) is 3.24. The molecule has 0 spiro atoms. The van der Waals surface area contributed by atoms with Gasteiger partial charge in [-0.05, 0) is 36.4 Å². The lowest BCUT2D eigenvalue weighted by Crippen LogP contribution is -2.32. The number of benzene rings is 1. The van der Waals surface area contributed by atoms with Gasteiger partial charge in [0, 0.05) is 10.6 Å². The molecule has 6 heteroatoms. The predicted octanol–water partition coefficient (Wildman–Crippen LogP) is 2.15. The second-order valence-electron chi connectivity index (χ2n) is 4.21. The molecule has 0 aliphatic carbocycles. The van der Waals surface area contributed by atoms with E-state index in [2.05, 4.69) is 22.5 Å². The van der Waals surface area contributed by atoms with Crippen molar-refractivity contribution in [2.75, 3.05) is 0 Å². The summed E-state index contributed by atoms with van der Waals surface area (Å²) in [5.41, 5.74) is 9.44. The van der Waals surface area contributed by atoms with Crippen LogP contribution in [-0.2, 0) is 0 Å². The Morgan fingerprint density at radius 3 is 2.63 bits per heavy atom. The number of hydrogen-bond acceptors (Lipinski definition) is 5. The number of nitriles is 1. The summed E-state index contributed by atoms with van der Waals surface area (Å²) in [5.74, 6) is 1.45. The van der Waals surface area contributed by atoms with Crippen molar-refractivity contribution in [3.05, 3.63) is 47.2 Å². The maximum absolute atomic E-state index is 9.00. The van der Waals surface area contributed by atoms with Crippen LogP contribution in [-0.4, -0.2) is 6.04 Å². The van der Waals surface area contributed by atoms with Gasteiger partial charge in [0.2, 0.25) is 0 Å². The summed E-state index contributed by atoms with van der Waals surface area (Å²) in [7, 11) is 0. The lowest BCUT2D eigenvalue weighted by Gasteiger charge is -2.08. The van der Waals surface area contributed by atoms with Crippen LogP contribution in [0.2, 0.25) is 5.02 Å². The summed E-state index contributed by atoms with van der Waals surface area (Å²) in [6, 6.07) is 12.7. The smallest absolute Gasteiger partial charge is 0.134 e. The average Bonchev–Trinajstić information content (AvgIpc) is 3.07. The molecule has 0 bridgehead atoms. The van der Waals surface area contributed by atoms with Crippen molar-refractivity contribution in [2.24, 2.45) is 0 Å². The highest BCUT2D eigenvalue weighted by Gasteiger charge is 2.30. The molecule has 0 saturated carbocycles. The molecule has 2 aromatic rings. The predicted molar refractivity (Wildman–Crippen MR) is 70.7 cm³/mol. The van der Waals surface area contributed by atoms with Gasteiger partial charge in [-0.2, -0.15) is 10.8 Å². The van der Waals surface area contributed by atoms with E-state index in [0.29, 0.717) is 10.8 Å². The lowest BCUT2D eigenvalue weighted by atomic mass is 10.1. The Morgan fingerprint density at radius 2 is 1.89 bits per heavy atom.